The minimum atomic E-state index is -2.94. The van der Waals surface area contributed by atoms with Gasteiger partial charge in [0, 0.05) is 19.4 Å². The van der Waals surface area contributed by atoms with Crippen molar-refractivity contribution in [2.24, 2.45) is 0 Å². The number of nitrogens with zero attached hydrogens (tertiary/aromatic N) is 1. The smallest absolute Gasteiger partial charge is 0.262 e. The molecule has 3 N–H and O–H groups in total. The van der Waals surface area contributed by atoms with Crippen LogP contribution >= 0.6 is 0 Å². The average molecular weight is 821 g/mol. The Kier molecular flexibility index (Phi) is 15.6. The molecule has 0 aromatic heterocycles. The minimum Gasteiger partial charge on any atom is -0.398 e. The predicted molar refractivity (Wildman–Crippen MR) is 236 cm³/mol. The van der Waals surface area contributed by atoms with E-state index in [0.29, 0.717) is 51.5 Å². The minimum absolute atomic E-state index is 0.0576. The van der Waals surface area contributed by atoms with Crippen LogP contribution in [0.4, 0.5) is 0 Å². The number of carbonyl (C=O) groups excluding carboxylic acids is 5. The number of benzene rings is 3. The molecule has 5 rings (SSSR count). The summed E-state index contributed by atoms with van der Waals surface area (Å²) in [5.41, 5.74) is -0.388. The third kappa shape index (κ3) is 10.7. The Labute approximate surface area is 352 Å². The fraction of sp³-hybridized carbons (Fsp3) is 0.479. The molecule has 59 heavy (non-hydrogen) atoms. The summed E-state index contributed by atoms with van der Waals surface area (Å²) in [7, 11) is -2.94. The Morgan fingerprint density at radius 2 is 1.41 bits per heavy atom. The number of amides is 4. The molecule has 3 aromatic carbocycles. The van der Waals surface area contributed by atoms with Crippen molar-refractivity contribution in [1.29, 1.82) is 0 Å². The quantitative estimate of drug-likeness (QED) is 0.122. The van der Waals surface area contributed by atoms with Gasteiger partial charge in [0.25, 0.3) is 8.32 Å². The summed E-state index contributed by atoms with van der Waals surface area (Å²) in [5, 5.41) is 11.0. The Morgan fingerprint density at radius 3 is 1.97 bits per heavy atom. The molecule has 11 heteroatoms. The van der Waals surface area contributed by atoms with Crippen LogP contribution in [0.2, 0.25) is 5.04 Å². The molecule has 0 saturated carbocycles. The fourth-order valence-corrected chi connectivity index (χ4v) is 13.5. The SMILES string of the molecule is CCCC1(CCC)NC(=O)[C@H](CCC=CCC(=O)[C@@H](C)O[Si](c2ccccc2)(c2ccccc2)C(C)(C)C)NC(=O)[C@H]2CCCN2C(=O)[C@H](Cc2ccccc2)NC1=O. The largest absolute Gasteiger partial charge is 0.398 e. The highest BCUT2D eigenvalue weighted by Crippen LogP contribution is 2.37. The second-order valence-corrected chi connectivity index (χ2v) is 21.4. The van der Waals surface area contributed by atoms with Gasteiger partial charge >= 0.3 is 0 Å². The van der Waals surface area contributed by atoms with Crippen LogP contribution in [-0.4, -0.2) is 78.9 Å². The van der Waals surface area contributed by atoms with Gasteiger partial charge in [-0.1, -0.05) is 151 Å². The van der Waals surface area contributed by atoms with Gasteiger partial charge in [-0.15, -0.1) is 0 Å². The maximum Gasteiger partial charge on any atom is 0.262 e. The van der Waals surface area contributed by atoms with Crippen molar-refractivity contribution in [1.82, 2.24) is 20.9 Å². The van der Waals surface area contributed by atoms with Gasteiger partial charge in [-0.2, -0.15) is 0 Å². The number of Topliss-reactive ketones (excluding diaryl/α,β-unsaturated/α-hetero) is 1. The van der Waals surface area contributed by atoms with Crippen molar-refractivity contribution in [2.45, 2.75) is 141 Å². The van der Waals surface area contributed by atoms with E-state index in [1.807, 2.05) is 93.6 Å². The van der Waals surface area contributed by atoms with Gasteiger partial charge in [0.15, 0.2) is 5.78 Å². The maximum atomic E-state index is 14.4. The van der Waals surface area contributed by atoms with Crippen molar-refractivity contribution >= 4 is 48.1 Å². The standard InChI is InChI=1S/C48H64N4O6Si/c1-7-31-48(32-8-2)46(57)50-40(34-36-22-13-9-14-23-36)45(56)52-33-21-29-41(52)44(55)49-39(43(54)51-48)28-19-12-20-30-42(53)35(3)58-59(47(4,5)6,37-24-15-10-16-25-37)38-26-17-11-18-27-38/h9-18,20,22-27,35,39-41H,7-8,19,21,28-34H2,1-6H3,(H,49,55)(H,50,57)(H,51,54)/t35-,39+,40+,41-/m1/s1. The highest BCUT2D eigenvalue weighted by molar-refractivity contribution is 6.99. The molecule has 0 aliphatic carbocycles. The summed E-state index contributed by atoms with van der Waals surface area (Å²) >= 11 is 0. The van der Waals surface area contributed by atoms with E-state index in [9.17, 15) is 24.0 Å². The first-order valence-electron chi connectivity index (χ1n) is 21.5. The number of nitrogens with one attached hydrogen (secondary N) is 3. The molecule has 0 unspecified atom stereocenters. The maximum absolute atomic E-state index is 14.4. The van der Waals surface area contributed by atoms with Crippen molar-refractivity contribution in [3.63, 3.8) is 0 Å². The molecular formula is C48H64N4O6Si. The Hall–Kier alpha value is -4.87. The molecular weight excluding hydrogens is 757 g/mol. The van der Waals surface area contributed by atoms with E-state index >= 15 is 0 Å². The van der Waals surface area contributed by atoms with Gasteiger partial charge in [0.2, 0.25) is 23.6 Å². The number of hydrogen-bond acceptors (Lipinski definition) is 6. The molecule has 4 atom stereocenters. The highest BCUT2D eigenvalue weighted by Gasteiger charge is 2.51. The molecule has 2 saturated heterocycles. The molecule has 0 spiro atoms. The van der Waals surface area contributed by atoms with Gasteiger partial charge in [-0.3, -0.25) is 24.0 Å². The van der Waals surface area contributed by atoms with Crippen LogP contribution in [0.5, 0.6) is 0 Å². The number of fused-ring (bicyclic) bond motifs is 1. The van der Waals surface area contributed by atoms with Gasteiger partial charge in [0.05, 0.1) is 0 Å². The molecule has 3 aromatic rings. The lowest BCUT2D eigenvalue weighted by Gasteiger charge is -2.44. The van der Waals surface area contributed by atoms with Crippen molar-refractivity contribution in [3.05, 3.63) is 109 Å². The predicted octanol–water partition coefficient (Wildman–Crippen LogP) is 5.92. The lowest BCUT2D eigenvalue weighted by atomic mass is 9.86. The van der Waals surface area contributed by atoms with Crippen LogP contribution in [0.1, 0.15) is 105 Å². The van der Waals surface area contributed by atoms with Crippen LogP contribution in [-0.2, 0) is 34.8 Å². The lowest BCUT2D eigenvalue weighted by Crippen LogP contribution is -2.68. The van der Waals surface area contributed by atoms with E-state index in [-0.39, 0.29) is 41.9 Å². The second kappa shape index (κ2) is 20.4. The van der Waals surface area contributed by atoms with Crippen LogP contribution < -0.4 is 26.3 Å². The summed E-state index contributed by atoms with van der Waals surface area (Å²) in [4.78, 5) is 72.1. The number of allylic oxidation sites excluding steroid dienone is 2. The van der Waals surface area contributed by atoms with Crippen LogP contribution in [0.15, 0.2) is 103 Å². The van der Waals surface area contributed by atoms with E-state index < -0.39 is 49.9 Å². The normalized spacial score (nSPS) is 20.8. The highest BCUT2D eigenvalue weighted by atomic mass is 28.4. The molecule has 10 nitrogen and oxygen atoms in total. The number of ketones is 1. The lowest BCUT2D eigenvalue weighted by molar-refractivity contribution is -0.145. The second-order valence-electron chi connectivity index (χ2n) is 17.2. The summed E-state index contributed by atoms with van der Waals surface area (Å²) in [6, 6.07) is 27.3. The first kappa shape index (κ1) is 45.2. The number of carbonyl (C=O) groups is 5. The third-order valence-electron chi connectivity index (χ3n) is 11.8. The van der Waals surface area contributed by atoms with Crippen LogP contribution in [0, 0.1) is 0 Å². The zero-order valence-corrected chi connectivity index (χ0v) is 36.8. The molecule has 4 amide bonds. The first-order chi connectivity index (χ1) is 28.3. The average Bonchev–Trinajstić information content (AvgIpc) is 3.72. The summed E-state index contributed by atoms with van der Waals surface area (Å²) in [6.07, 6.45) is 7.09. The third-order valence-corrected chi connectivity index (χ3v) is 17.0. The number of hydrogen-bond donors (Lipinski definition) is 3. The van der Waals surface area contributed by atoms with E-state index in [1.165, 1.54) is 0 Å². The zero-order chi connectivity index (χ0) is 42.6. The topological polar surface area (TPSA) is 134 Å². The summed E-state index contributed by atoms with van der Waals surface area (Å²) in [6.45, 7) is 12.7. The summed E-state index contributed by atoms with van der Waals surface area (Å²) < 4.78 is 7.02. The molecule has 0 bridgehead atoms. The van der Waals surface area contributed by atoms with E-state index in [4.69, 9.17) is 4.43 Å². The molecule has 2 fully saturated rings. The molecule has 316 valence electrons. The van der Waals surface area contributed by atoms with Crippen molar-refractivity contribution in [2.75, 3.05) is 6.54 Å². The molecule has 2 aliphatic rings. The van der Waals surface area contributed by atoms with Gasteiger partial charge in [0.1, 0.15) is 29.8 Å². The zero-order valence-electron chi connectivity index (χ0n) is 35.8. The van der Waals surface area contributed by atoms with Gasteiger partial charge < -0.3 is 25.3 Å². The molecule has 2 heterocycles. The number of rotatable bonds is 16. The van der Waals surface area contributed by atoms with E-state index in [2.05, 4.69) is 61.0 Å². The Morgan fingerprint density at radius 1 is 0.831 bits per heavy atom. The van der Waals surface area contributed by atoms with Gasteiger partial charge in [-0.25, -0.2) is 0 Å². The molecule has 2 aliphatic heterocycles. The Bertz CT molecular complexity index is 1870. The summed E-state index contributed by atoms with van der Waals surface area (Å²) in [5.74, 6) is -1.57. The van der Waals surface area contributed by atoms with Crippen molar-refractivity contribution in [3.8, 4) is 0 Å². The molecule has 0 radical (unpaired) electrons. The van der Waals surface area contributed by atoms with Crippen LogP contribution in [0.3, 0.4) is 0 Å². The van der Waals surface area contributed by atoms with Gasteiger partial charge in [-0.05, 0) is 66.4 Å². The van der Waals surface area contributed by atoms with Crippen molar-refractivity contribution < 1.29 is 28.4 Å². The first-order valence-corrected chi connectivity index (χ1v) is 23.4. The van der Waals surface area contributed by atoms with E-state index in [0.717, 1.165) is 15.9 Å². The monoisotopic (exact) mass is 820 g/mol. The fourth-order valence-electron chi connectivity index (χ4n) is 8.86. The van der Waals surface area contributed by atoms with E-state index in [1.54, 1.807) is 11.0 Å². The Balaban J connectivity index is 1.33. The van der Waals surface area contributed by atoms with Crippen LogP contribution in [0.25, 0.3) is 0 Å².